The van der Waals surface area contributed by atoms with Gasteiger partial charge in [-0.1, -0.05) is 24.3 Å². The molecule has 0 aliphatic carbocycles. The normalized spacial score (nSPS) is 10.3. The van der Waals surface area contributed by atoms with E-state index in [2.05, 4.69) is 0 Å². The molecule has 0 saturated carbocycles. The number of ether oxygens (including phenoxy) is 3. The average molecular weight is 302 g/mol. The van der Waals surface area contributed by atoms with Crippen LogP contribution in [0.5, 0.6) is 5.75 Å². The van der Waals surface area contributed by atoms with Crippen LogP contribution in [0.15, 0.2) is 36.4 Å². The summed E-state index contributed by atoms with van der Waals surface area (Å²) in [7, 11) is 1.62. The summed E-state index contributed by atoms with van der Waals surface area (Å²) in [5.41, 5.74) is 0.825. The van der Waals surface area contributed by atoms with Crippen molar-refractivity contribution < 1.29 is 23.8 Å². The second kappa shape index (κ2) is 7.45. The van der Waals surface area contributed by atoms with Gasteiger partial charge in [-0.2, -0.15) is 0 Å². The molecule has 0 amide bonds. The van der Waals surface area contributed by atoms with Gasteiger partial charge in [0.1, 0.15) is 5.75 Å². The van der Waals surface area contributed by atoms with Gasteiger partial charge in [-0.05, 0) is 35.4 Å². The first kappa shape index (κ1) is 15.8. The second-order valence-electron chi connectivity index (χ2n) is 4.69. The van der Waals surface area contributed by atoms with Gasteiger partial charge < -0.3 is 14.2 Å². The van der Waals surface area contributed by atoms with Crippen molar-refractivity contribution in [3.63, 3.8) is 0 Å². The maximum atomic E-state index is 11.7. The van der Waals surface area contributed by atoms with E-state index in [9.17, 15) is 9.59 Å². The van der Waals surface area contributed by atoms with Gasteiger partial charge in [-0.25, -0.2) is 4.79 Å². The van der Waals surface area contributed by atoms with Gasteiger partial charge in [0, 0.05) is 0 Å². The Bertz CT molecular complexity index is 678. The summed E-state index contributed by atoms with van der Waals surface area (Å²) in [6, 6.07) is 11.4. The van der Waals surface area contributed by atoms with Crippen LogP contribution < -0.4 is 4.74 Å². The molecule has 22 heavy (non-hydrogen) atoms. The van der Waals surface area contributed by atoms with Gasteiger partial charge in [-0.15, -0.1) is 0 Å². The number of benzene rings is 2. The Morgan fingerprint density at radius 1 is 0.955 bits per heavy atom. The van der Waals surface area contributed by atoms with Gasteiger partial charge in [0.15, 0.2) is 6.61 Å². The lowest BCUT2D eigenvalue weighted by molar-refractivity contribution is -0.158. The smallest absolute Gasteiger partial charge is 0.344 e. The van der Waals surface area contributed by atoms with Gasteiger partial charge >= 0.3 is 11.9 Å². The number of hydrogen-bond acceptors (Lipinski definition) is 5. The van der Waals surface area contributed by atoms with E-state index in [0.717, 1.165) is 22.1 Å². The van der Waals surface area contributed by atoms with Crippen LogP contribution in [-0.4, -0.2) is 32.3 Å². The maximum absolute atomic E-state index is 11.7. The van der Waals surface area contributed by atoms with Gasteiger partial charge in [-0.3, -0.25) is 4.79 Å². The van der Waals surface area contributed by atoms with Crippen LogP contribution >= 0.6 is 0 Å². The minimum atomic E-state index is -0.540. The summed E-state index contributed by atoms with van der Waals surface area (Å²) < 4.78 is 14.7. The third-order valence-electron chi connectivity index (χ3n) is 3.12. The van der Waals surface area contributed by atoms with Gasteiger partial charge in [0.2, 0.25) is 0 Å². The molecule has 0 aromatic heterocycles. The van der Waals surface area contributed by atoms with E-state index in [-0.39, 0.29) is 19.6 Å². The maximum Gasteiger partial charge on any atom is 0.344 e. The van der Waals surface area contributed by atoms with E-state index < -0.39 is 11.9 Å². The molecule has 2 rings (SSSR count). The largest absolute Gasteiger partial charge is 0.497 e. The highest BCUT2D eigenvalue weighted by Gasteiger charge is 2.09. The number of carbonyl (C=O) groups excluding carboxylic acids is 2. The molecule has 116 valence electrons. The third kappa shape index (κ3) is 4.22. The molecule has 2 aromatic carbocycles. The molecule has 0 spiro atoms. The molecule has 0 fully saturated rings. The predicted molar refractivity (Wildman–Crippen MR) is 81.8 cm³/mol. The molecule has 0 bridgehead atoms. The molecule has 0 atom stereocenters. The Balaban J connectivity index is 1.99. The van der Waals surface area contributed by atoms with Crippen LogP contribution in [0.4, 0.5) is 0 Å². The number of esters is 2. The Labute approximate surface area is 128 Å². The Kier molecular flexibility index (Phi) is 5.36. The number of fused-ring (bicyclic) bond motifs is 1. The van der Waals surface area contributed by atoms with Crippen molar-refractivity contribution in [1.82, 2.24) is 0 Å². The van der Waals surface area contributed by atoms with E-state index in [4.69, 9.17) is 14.2 Å². The number of carbonyl (C=O) groups is 2. The lowest BCUT2D eigenvalue weighted by Crippen LogP contribution is -2.17. The molecule has 0 unspecified atom stereocenters. The van der Waals surface area contributed by atoms with Crippen molar-refractivity contribution in [2.75, 3.05) is 20.3 Å². The first-order valence-electron chi connectivity index (χ1n) is 7.00. The zero-order chi connectivity index (χ0) is 15.9. The zero-order valence-corrected chi connectivity index (χ0v) is 12.6. The first-order chi connectivity index (χ1) is 10.6. The average Bonchev–Trinajstić information content (AvgIpc) is 2.52. The molecule has 0 N–H and O–H groups in total. The minimum Gasteiger partial charge on any atom is -0.497 e. The van der Waals surface area contributed by atoms with Crippen LogP contribution in [0, 0.1) is 0 Å². The minimum absolute atomic E-state index is 0.112. The van der Waals surface area contributed by atoms with E-state index in [0.29, 0.717) is 0 Å². The van der Waals surface area contributed by atoms with Crippen molar-refractivity contribution in [3.8, 4) is 5.75 Å². The van der Waals surface area contributed by atoms with Crippen molar-refractivity contribution in [1.29, 1.82) is 0 Å². The van der Waals surface area contributed by atoms with Crippen LogP contribution in [-0.2, 0) is 25.5 Å². The van der Waals surface area contributed by atoms with Gasteiger partial charge in [0.05, 0.1) is 20.1 Å². The van der Waals surface area contributed by atoms with E-state index in [1.54, 1.807) is 14.0 Å². The van der Waals surface area contributed by atoms with Crippen molar-refractivity contribution in [2.45, 2.75) is 13.3 Å². The third-order valence-corrected chi connectivity index (χ3v) is 3.12. The van der Waals surface area contributed by atoms with Crippen LogP contribution in [0.2, 0.25) is 0 Å². The van der Waals surface area contributed by atoms with Gasteiger partial charge in [0.25, 0.3) is 0 Å². The highest BCUT2D eigenvalue weighted by Crippen LogP contribution is 2.22. The molecular weight excluding hydrogens is 284 g/mol. The molecule has 0 saturated heterocycles. The standard InChI is InChI=1S/C17H18O5/c1-3-21-17(19)11-22-16(18)9-12-4-5-14-10-15(20-2)7-6-13(14)8-12/h4-8,10H,3,9,11H2,1-2H3. The number of rotatable bonds is 6. The van der Waals surface area contributed by atoms with Crippen LogP contribution in [0.25, 0.3) is 10.8 Å². The lowest BCUT2D eigenvalue weighted by atomic mass is 10.0. The lowest BCUT2D eigenvalue weighted by Gasteiger charge is -2.06. The number of hydrogen-bond donors (Lipinski definition) is 0. The fourth-order valence-corrected chi connectivity index (χ4v) is 2.07. The van der Waals surface area contributed by atoms with Crippen molar-refractivity contribution in [3.05, 3.63) is 42.0 Å². The molecule has 0 radical (unpaired) electrons. The molecule has 0 heterocycles. The zero-order valence-electron chi connectivity index (χ0n) is 12.6. The second-order valence-corrected chi connectivity index (χ2v) is 4.69. The topological polar surface area (TPSA) is 61.8 Å². The molecule has 5 nitrogen and oxygen atoms in total. The molecule has 2 aromatic rings. The van der Waals surface area contributed by atoms with E-state index in [1.165, 1.54) is 0 Å². The van der Waals surface area contributed by atoms with Crippen LogP contribution in [0.3, 0.4) is 0 Å². The van der Waals surface area contributed by atoms with Crippen LogP contribution in [0.1, 0.15) is 12.5 Å². The summed E-state index contributed by atoms with van der Waals surface area (Å²) in [6.07, 6.45) is 0.112. The number of methoxy groups -OCH3 is 1. The molecule has 0 aliphatic heterocycles. The molecule has 5 heteroatoms. The van der Waals surface area contributed by atoms with Crippen molar-refractivity contribution in [2.24, 2.45) is 0 Å². The summed E-state index contributed by atoms with van der Waals surface area (Å²) in [5.74, 6) is -0.212. The summed E-state index contributed by atoms with van der Waals surface area (Å²) in [4.78, 5) is 22.8. The SMILES string of the molecule is CCOC(=O)COC(=O)Cc1ccc2cc(OC)ccc2c1. The van der Waals surface area contributed by atoms with E-state index >= 15 is 0 Å². The Morgan fingerprint density at radius 2 is 1.68 bits per heavy atom. The summed E-state index contributed by atoms with van der Waals surface area (Å²) >= 11 is 0. The first-order valence-corrected chi connectivity index (χ1v) is 7.00. The quantitative estimate of drug-likeness (QED) is 0.767. The summed E-state index contributed by atoms with van der Waals surface area (Å²) in [5, 5.41) is 2.04. The summed E-state index contributed by atoms with van der Waals surface area (Å²) in [6.45, 7) is 1.62. The molecule has 0 aliphatic rings. The van der Waals surface area contributed by atoms with E-state index in [1.807, 2.05) is 36.4 Å². The fraction of sp³-hybridized carbons (Fsp3) is 0.294. The fourth-order valence-electron chi connectivity index (χ4n) is 2.07. The predicted octanol–water partition coefficient (Wildman–Crippen LogP) is 2.50. The Morgan fingerprint density at radius 3 is 2.41 bits per heavy atom. The monoisotopic (exact) mass is 302 g/mol. The highest BCUT2D eigenvalue weighted by atomic mass is 16.6. The van der Waals surface area contributed by atoms with Crippen molar-refractivity contribution >= 4 is 22.7 Å². The molecular formula is C17H18O5. The highest BCUT2D eigenvalue weighted by molar-refractivity contribution is 5.86. The Hall–Kier alpha value is -2.56.